The van der Waals surface area contributed by atoms with E-state index < -0.39 is 0 Å². The molecule has 5 heteroatoms. The second-order valence-corrected chi connectivity index (χ2v) is 12.4. The van der Waals surface area contributed by atoms with E-state index in [9.17, 15) is 0 Å². The van der Waals surface area contributed by atoms with E-state index in [1.54, 1.807) is 11.8 Å². The fourth-order valence-electron chi connectivity index (χ4n) is 5.65. The van der Waals surface area contributed by atoms with Crippen molar-refractivity contribution in [1.29, 1.82) is 0 Å². The molecule has 0 amide bonds. The second kappa shape index (κ2) is 10.2. The maximum atomic E-state index is 4.22. The molecular weight excluding hydrogens is 663 g/mol. The first-order valence-electron chi connectivity index (χ1n) is 12.9. The van der Waals surface area contributed by atoms with Crippen LogP contribution in [-0.2, 0) is 30.9 Å². The Morgan fingerprint density at radius 3 is 2.45 bits per heavy atom. The van der Waals surface area contributed by atoms with Crippen LogP contribution in [-0.4, -0.2) is 12.0 Å². The van der Waals surface area contributed by atoms with E-state index >= 15 is 0 Å². The van der Waals surface area contributed by atoms with Gasteiger partial charge >= 0.3 is 20.1 Å². The molecule has 1 aliphatic carbocycles. The Bertz CT molecular complexity index is 1410. The van der Waals surface area contributed by atoms with E-state index in [1.807, 2.05) is 54.2 Å². The molecule has 2 aliphatic heterocycles. The van der Waals surface area contributed by atoms with Crippen molar-refractivity contribution in [2.24, 2.45) is 0 Å². The van der Waals surface area contributed by atoms with Gasteiger partial charge in [0.1, 0.15) is 0 Å². The fraction of sp³-hybridized carbons (Fsp3) is 0.273. The van der Waals surface area contributed by atoms with Crippen LogP contribution in [0.3, 0.4) is 0 Å². The number of pyridine rings is 1. The molecule has 0 radical (unpaired) electrons. The smallest absolute Gasteiger partial charge is 0.504 e. The molecule has 1 aromatic heterocycles. The summed E-state index contributed by atoms with van der Waals surface area (Å²) in [6.45, 7) is 11.8. The van der Waals surface area contributed by atoms with Gasteiger partial charge in [-0.15, -0.1) is 47.0 Å². The molecule has 0 saturated heterocycles. The number of anilines is 3. The number of fused-ring (bicyclic) bond motifs is 4. The summed E-state index contributed by atoms with van der Waals surface area (Å²) in [7, 11) is 2.13. The van der Waals surface area contributed by atoms with E-state index in [0.717, 1.165) is 11.3 Å². The van der Waals surface area contributed by atoms with Gasteiger partial charge in [0.15, 0.2) is 0 Å². The number of hydrogen-bond acceptors (Lipinski definition) is 4. The topological polar surface area (TPSA) is 19.4 Å². The Kier molecular flexibility index (Phi) is 7.23. The molecule has 0 spiro atoms. The molecule has 0 N–H and O–H groups in total. The Labute approximate surface area is 245 Å². The second-order valence-electron chi connectivity index (χ2n) is 11.3. The zero-order valence-corrected chi connectivity index (χ0v) is 25.7. The third-order valence-electron chi connectivity index (χ3n) is 7.84. The quantitative estimate of drug-likeness (QED) is 0.186. The maximum absolute atomic E-state index is 4.22. The molecule has 7 rings (SSSR count). The average molecular weight is 695 g/mol. The summed E-state index contributed by atoms with van der Waals surface area (Å²) in [5, 5.41) is 0. The molecule has 38 heavy (non-hydrogen) atoms. The first-order valence-corrected chi connectivity index (χ1v) is 13.7. The molecule has 0 unspecified atom stereocenters. The summed E-state index contributed by atoms with van der Waals surface area (Å²) in [6, 6.07) is 29.4. The van der Waals surface area contributed by atoms with Crippen molar-refractivity contribution in [2.45, 2.75) is 61.2 Å². The summed E-state index contributed by atoms with van der Waals surface area (Å²) in [5.41, 5.74) is 9.29. The van der Waals surface area contributed by atoms with Crippen molar-refractivity contribution in [2.75, 3.05) is 16.8 Å². The van der Waals surface area contributed by atoms with E-state index in [1.165, 1.54) is 45.3 Å². The third kappa shape index (κ3) is 4.59. The van der Waals surface area contributed by atoms with Crippen LogP contribution in [0.1, 0.15) is 51.7 Å². The minimum Gasteiger partial charge on any atom is -0.504 e. The largest absolute Gasteiger partial charge is 3.00 e. The molecule has 0 bridgehead atoms. The van der Waals surface area contributed by atoms with Crippen LogP contribution in [0.5, 0.6) is 0 Å². The van der Waals surface area contributed by atoms with Crippen LogP contribution in [0.25, 0.3) is 11.3 Å². The van der Waals surface area contributed by atoms with Gasteiger partial charge in [0, 0.05) is 22.5 Å². The van der Waals surface area contributed by atoms with E-state index in [2.05, 4.69) is 92.6 Å². The molecule has 3 heterocycles. The van der Waals surface area contributed by atoms with Crippen molar-refractivity contribution in [3.05, 3.63) is 103 Å². The van der Waals surface area contributed by atoms with Gasteiger partial charge in [-0.25, -0.2) is 0 Å². The number of aromatic nitrogens is 1. The van der Waals surface area contributed by atoms with Crippen LogP contribution in [0.15, 0.2) is 82.7 Å². The minimum absolute atomic E-state index is 0. The van der Waals surface area contributed by atoms with Crippen molar-refractivity contribution >= 4 is 28.8 Å². The van der Waals surface area contributed by atoms with Gasteiger partial charge in [0.25, 0.3) is 0 Å². The predicted octanol–water partition coefficient (Wildman–Crippen LogP) is 8.55. The van der Waals surface area contributed by atoms with Crippen molar-refractivity contribution < 1.29 is 20.1 Å². The van der Waals surface area contributed by atoms with Crippen LogP contribution in [0.4, 0.5) is 17.1 Å². The summed E-state index contributed by atoms with van der Waals surface area (Å²) >= 11 is 1.94. The molecule has 0 saturated carbocycles. The van der Waals surface area contributed by atoms with Gasteiger partial charge in [-0.05, 0) is 42.8 Å². The molecule has 3 aliphatic rings. The van der Waals surface area contributed by atoms with Gasteiger partial charge in [-0.3, -0.25) is 0 Å². The van der Waals surface area contributed by atoms with Gasteiger partial charge in [0.05, 0.1) is 0 Å². The molecule has 3 aromatic carbocycles. The molecule has 4 aromatic rings. The van der Waals surface area contributed by atoms with Gasteiger partial charge < -0.3 is 14.8 Å². The molecule has 3 nitrogen and oxygen atoms in total. The molecule has 0 fully saturated rings. The van der Waals surface area contributed by atoms with Crippen LogP contribution < -0.4 is 9.80 Å². The summed E-state index contributed by atoms with van der Waals surface area (Å²) < 4.78 is 0. The average Bonchev–Trinajstić information content (AvgIpc) is 3.25. The first-order chi connectivity index (χ1) is 17.8. The SMILES string of the molecule is CN1[CH-]N2c3[c-]cc4c(c3Sc3cccc1c32)C(C)(C)CCC4(C)C.[Ir+3].[c-]1ccccc1-c1ccccn1. The van der Waals surface area contributed by atoms with E-state index in [4.69, 9.17) is 0 Å². The fourth-order valence-corrected chi connectivity index (χ4v) is 7.06. The summed E-state index contributed by atoms with van der Waals surface area (Å²) in [6.07, 6.45) is 4.26. The van der Waals surface area contributed by atoms with Crippen LogP contribution in [0.2, 0.25) is 0 Å². The zero-order chi connectivity index (χ0) is 25.8. The zero-order valence-electron chi connectivity index (χ0n) is 22.5. The number of hydrogen-bond donors (Lipinski definition) is 0. The van der Waals surface area contributed by atoms with Crippen LogP contribution >= 0.6 is 11.8 Å². The Balaban J connectivity index is 0.000000191. The normalized spacial score (nSPS) is 17.3. The summed E-state index contributed by atoms with van der Waals surface area (Å²) in [4.78, 5) is 11.5. The van der Waals surface area contributed by atoms with E-state index in [0.29, 0.717) is 0 Å². The Morgan fingerprint density at radius 2 is 1.71 bits per heavy atom. The molecular formula is C33H32IrN3S. The monoisotopic (exact) mass is 695 g/mol. The number of para-hydroxylation sites is 1. The maximum Gasteiger partial charge on any atom is 3.00 e. The number of rotatable bonds is 1. The minimum atomic E-state index is 0. The first kappa shape index (κ1) is 27.0. The van der Waals surface area contributed by atoms with Crippen molar-refractivity contribution in [3.8, 4) is 11.3 Å². The Morgan fingerprint density at radius 1 is 0.921 bits per heavy atom. The standard InChI is InChI=1S/C22H24N2S.C11H8N.Ir/c1-21(2)11-12-22(3,4)18-14(21)9-10-16-20(18)25-17-8-6-7-15-19(17)24(16)13-23(15)5;1-2-6-10(7-3-1)11-8-4-5-9-12-11;/h6-9,13H,11-12H2,1-5H3;1-6,8-9H;/q-2;-1;+3. The van der Waals surface area contributed by atoms with Gasteiger partial charge in [-0.1, -0.05) is 68.3 Å². The Hall–Kier alpha value is -2.59. The molecule has 194 valence electrons. The number of benzene rings is 3. The van der Waals surface area contributed by atoms with Gasteiger partial charge in [-0.2, -0.15) is 30.6 Å². The predicted molar refractivity (Wildman–Crippen MR) is 154 cm³/mol. The van der Waals surface area contributed by atoms with Crippen molar-refractivity contribution in [3.63, 3.8) is 0 Å². The third-order valence-corrected chi connectivity index (χ3v) is 8.99. The van der Waals surface area contributed by atoms with Crippen LogP contribution in [0, 0.1) is 18.8 Å². The summed E-state index contributed by atoms with van der Waals surface area (Å²) in [5.74, 6) is 0. The van der Waals surface area contributed by atoms with E-state index in [-0.39, 0.29) is 30.9 Å². The van der Waals surface area contributed by atoms with Crippen molar-refractivity contribution in [1.82, 2.24) is 4.98 Å². The molecule has 0 atom stereocenters. The number of nitrogens with zero attached hydrogens (tertiary/aromatic N) is 3. The van der Waals surface area contributed by atoms with Gasteiger partial charge in [0.2, 0.25) is 0 Å².